The molecule has 0 bridgehead atoms. The molecule has 3 nitrogen and oxygen atoms in total. The van der Waals surface area contributed by atoms with Crippen LogP contribution in [0.4, 0.5) is 10.5 Å². The molecule has 0 saturated heterocycles. The van der Waals surface area contributed by atoms with Crippen LogP contribution >= 0.6 is 0 Å². The molecule has 0 unspecified atom stereocenters. The van der Waals surface area contributed by atoms with Gasteiger partial charge in [-0.3, -0.25) is 0 Å². The summed E-state index contributed by atoms with van der Waals surface area (Å²) >= 11 is 0. The molecular weight excluding hydrogens is 212 g/mol. The molecule has 1 aromatic carbocycles. The number of amides is 2. The van der Waals surface area contributed by atoms with Crippen LogP contribution in [0.15, 0.2) is 36.0 Å². The Morgan fingerprint density at radius 1 is 1.35 bits per heavy atom. The first-order valence-corrected chi connectivity index (χ1v) is 5.96. The van der Waals surface area contributed by atoms with Crippen molar-refractivity contribution < 1.29 is 4.79 Å². The molecule has 0 spiro atoms. The molecule has 17 heavy (non-hydrogen) atoms. The number of hydrogen-bond acceptors (Lipinski definition) is 1. The van der Waals surface area contributed by atoms with Crippen LogP contribution in [-0.2, 0) is 0 Å². The Bertz CT molecular complexity index is 447. The number of carbonyl (C=O) groups is 1. The predicted molar refractivity (Wildman–Crippen MR) is 69.8 cm³/mol. The van der Waals surface area contributed by atoms with E-state index in [4.69, 9.17) is 0 Å². The van der Waals surface area contributed by atoms with Crippen LogP contribution in [0.1, 0.15) is 25.3 Å². The van der Waals surface area contributed by atoms with Gasteiger partial charge in [-0.2, -0.15) is 0 Å². The summed E-state index contributed by atoms with van der Waals surface area (Å²) in [5.41, 5.74) is 3.16. The highest BCUT2D eigenvalue weighted by Gasteiger charge is 2.22. The van der Waals surface area contributed by atoms with E-state index in [1.54, 1.807) is 0 Å². The van der Waals surface area contributed by atoms with Gasteiger partial charge in [-0.1, -0.05) is 23.8 Å². The number of rotatable bonds is 3. The molecule has 2 N–H and O–H groups in total. The zero-order chi connectivity index (χ0) is 12.3. The number of carbonyl (C=O) groups excluding carboxylic acids is 1. The van der Waals surface area contributed by atoms with Crippen molar-refractivity contribution in [1.29, 1.82) is 0 Å². The molecule has 0 aromatic heterocycles. The first-order chi connectivity index (χ1) is 8.16. The first kappa shape index (κ1) is 11.7. The van der Waals surface area contributed by atoms with Crippen molar-refractivity contribution >= 4 is 11.7 Å². The standard InChI is InChI=1S/C14H18N2O/c1-10-5-3-4-6-13(10)16-14(17)15-9-11(2)12-7-8-12/h3-6,9,12H,7-8H2,1-2H3,(H2,15,16,17)/b11-9+. The Kier molecular flexibility index (Phi) is 3.47. The summed E-state index contributed by atoms with van der Waals surface area (Å²) < 4.78 is 0. The quantitative estimate of drug-likeness (QED) is 0.820. The molecule has 0 atom stereocenters. The Morgan fingerprint density at radius 2 is 2.06 bits per heavy atom. The van der Waals surface area contributed by atoms with Crippen LogP contribution in [0.2, 0.25) is 0 Å². The molecule has 2 amide bonds. The number of anilines is 1. The lowest BCUT2D eigenvalue weighted by Crippen LogP contribution is -2.24. The Morgan fingerprint density at radius 3 is 2.71 bits per heavy atom. The molecule has 3 heteroatoms. The van der Waals surface area contributed by atoms with Gasteiger partial charge >= 0.3 is 6.03 Å². The minimum absolute atomic E-state index is 0.181. The number of urea groups is 1. The summed E-state index contributed by atoms with van der Waals surface area (Å²) in [4.78, 5) is 11.6. The second-order valence-electron chi connectivity index (χ2n) is 4.58. The minimum atomic E-state index is -0.181. The zero-order valence-electron chi connectivity index (χ0n) is 10.3. The summed E-state index contributed by atoms with van der Waals surface area (Å²) in [6, 6.07) is 7.55. The number of benzene rings is 1. The third kappa shape index (κ3) is 3.34. The second kappa shape index (κ2) is 5.04. The van der Waals surface area contributed by atoms with Gasteiger partial charge in [0.1, 0.15) is 0 Å². The molecule has 0 radical (unpaired) electrons. The number of hydrogen-bond donors (Lipinski definition) is 2. The molecule has 1 aliphatic carbocycles. The molecule has 2 rings (SSSR count). The third-order valence-electron chi connectivity index (χ3n) is 3.05. The molecule has 1 fully saturated rings. The maximum atomic E-state index is 11.6. The van der Waals surface area contributed by atoms with Gasteiger partial charge in [-0.25, -0.2) is 4.79 Å². The van der Waals surface area contributed by atoms with Crippen molar-refractivity contribution in [3.63, 3.8) is 0 Å². The molecule has 0 heterocycles. The van der Waals surface area contributed by atoms with E-state index in [2.05, 4.69) is 17.6 Å². The molecule has 1 aromatic rings. The summed E-state index contributed by atoms with van der Waals surface area (Å²) in [6.07, 6.45) is 4.32. The van der Waals surface area contributed by atoms with Crippen molar-refractivity contribution in [2.75, 3.05) is 5.32 Å². The lowest BCUT2D eigenvalue weighted by Gasteiger charge is -2.07. The lowest BCUT2D eigenvalue weighted by molar-refractivity contribution is 0.255. The van der Waals surface area contributed by atoms with E-state index in [0.717, 1.165) is 11.3 Å². The monoisotopic (exact) mass is 230 g/mol. The van der Waals surface area contributed by atoms with Crippen LogP contribution < -0.4 is 10.6 Å². The van der Waals surface area contributed by atoms with Crippen LogP contribution in [0.5, 0.6) is 0 Å². The average molecular weight is 230 g/mol. The second-order valence-corrected chi connectivity index (χ2v) is 4.58. The summed E-state index contributed by atoms with van der Waals surface area (Å²) in [6.45, 7) is 4.03. The lowest BCUT2D eigenvalue weighted by atomic mass is 10.2. The van der Waals surface area contributed by atoms with E-state index in [1.807, 2.05) is 37.4 Å². The van der Waals surface area contributed by atoms with Gasteiger partial charge in [0.15, 0.2) is 0 Å². The molecular formula is C14H18N2O. The number of nitrogens with one attached hydrogen (secondary N) is 2. The first-order valence-electron chi connectivity index (χ1n) is 5.96. The highest BCUT2D eigenvalue weighted by molar-refractivity contribution is 5.90. The van der Waals surface area contributed by atoms with Gasteiger partial charge in [-0.05, 0) is 44.2 Å². The van der Waals surface area contributed by atoms with Crippen molar-refractivity contribution in [3.8, 4) is 0 Å². The van der Waals surface area contributed by atoms with E-state index < -0.39 is 0 Å². The van der Waals surface area contributed by atoms with Crippen LogP contribution in [0.25, 0.3) is 0 Å². The number of aryl methyl sites for hydroxylation is 1. The van der Waals surface area contributed by atoms with Crippen molar-refractivity contribution in [2.45, 2.75) is 26.7 Å². The summed E-state index contributed by atoms with van der Waals surface area (Å²) in [7, 11) is 0. The topological polar surface area (TPSA) is 41.1 Å². The summed E-state index contributed by atoms with van der Waals surface area (Å²) in [5.74, 6) is 0.689. The van der Waals surface area contributed by atoms with E-state index >= 15 is 0 Å². The molecule has 90 valence electrons. The van der Waals surface area contributed by atoms with E-state index in [-0.39, 0.29) is 6.03 Å². The average Bonchev–Trinajstić information content (AvgIpc) is 3.13. The molecule has 1 aliphatic rings. The number of allylic oxidation sites excluding steroid dienone is 1. The smallest absolute Gasteiger partial charge is 0.314 e. The van der Waals surface area contributed by atoms with Crippen molar-refractivity contribution in [2.24, 2.45) is 5.92 Å². The van der Waals surface area contributed by atoms with Gasteiger partial charge < -0.3 is 10.6 Å². The zero-order valence-corrected chi connectivity index (χ0v) is 10.3. The van der Waals surface area contributed by atoms with Gasteiger partial charge in [0, 0.05) is 11.9 Å². The van der Waals surface area contributed by atoms with Gasteiger partial charge in [-0.15, -0.1) is 0 Å². The van der Waals surface area contributed by atoms with E-state index in [0.29, 0.717) is 5.92 Å². The van der Waals surface area contributed by atoms with Crippen LogP contribution in [0, 0.1) is 12.8 Å². The van der Waals surface area contributed by atoms with Crippen LogP contribution in [0.3, 0.4) is 0 Å². The van der Waals surface area contributed by atoms with E-state index in [9.17, 15) is 4.79 Å². The Balaban J connectivity index is 1.89. The fraction of sp³-hybridized carbons (Fsp3) is 0.357. The van der Waals surface area contributed by atoms with Crippen molar-refractivity contribution in [3.05, 3.63) is 41.6 Å². The van der Waals surface area contributed by atoms with Crippen molar-refractivity contribution in [1.82, 2.24) is 5.32 Å². The van der Waals surface area contributed by atoms with Gasteiger partial charge in [0.25, 0.3) is 0 Å². The van der Waals surface area contributed by atoms with Crippen LogP contribution in [-0.4, -0.2) is 6.03 Å². The Hall–Kier alpha value is -1.77. The van der Waals surface area contributed by atoms with Gasteiger partial charge in [0.2, 0.25) is 0 Å². The van der Waals surface area contributed by atoms with E-state index in [1.165, 1.54) is 18.4 Å². The largest absolute Gasteiger partial charge is 0.323 e. The molecule has 0 aliphatic heterocycles. The molecule has 1 saturated carbocycles. The Labute approximate surface area is 102 Å². The summed E-state index contributed by atoms with van der Waals surface area (Å²) in [5, 5.41) is 5.60. The highest BCUT2D eigenvalue weighted by Crippen LogP contribution is 2.35. The SMILES string of the molecule is C/C(=C\NC(=O)Nc1ccccc1C)C1CC1. The normalized spacial score (nSPS) is 15.5. The minimum Gasteiger partial charge on any atom is -0.314 e. The number of para-hydroxylation sites is 1. The maximum absolute atomic E-state index is 11.6. The fourth-order valence-electron chi connectivity index (χ4n) is 1.71. The predicted octanol–water partition coefficient (Wildman–Crippen LogP) is 3.43. The fourth-order valence-corrected chi connectivity index (χ4v) is 1.71. The maximum Gasteiger partial charge on any atom is 0.323 e. The van der Waals surface area contributed by atoms with Gasteiger partial charge in [0.05, 0.1) is 0 Å². The third-order valence-corrected chi connectivity index (χ3v) is 3.05. The highest BCUT2D eigenvalue weighted by atomic mass is 16.2.